The fourth-order valence-corrected chi connectivity index (χ4v) is 3.76. The van der Waals surface area contributed by atoms with E-state index in [-0.39, 0.29) is 5.69 Å². The normalized spacial score (nSPS) is 14.8. The summed E-state index contributed by atoms with van der Waals surface area (Å²) in [5, 5.41) is 11.5. The lowest BCUT2D eigenvalue weighted by atomic mass is 10.2. The molecule has 0 amide bonds. The quantitative estimate of drug-likeness (QED) is 0.402. The zero-order valence-electron chi connectivity index (χ0n) is 18.3. The van der Waals surface area contributed by atoms with Gasteiger partial charge in [-0.25, -0.2) is 9.97 Å². The third-order valence-electron chi connectivity index (χ3n) is 5.58. The molecule has 1 saturated carbocycles. The predicted molar refractivity (Wildman–Crippen MR) is 118 cm³/mol. The van der Waals surface area contributed by atoms with Gasteiger partial charge in [0.25, 0.3) is 0 Å². The van der Waals surface area contributed by atoms with Crippen LogP contribution >= 0.6 is 0 Å². The number of hydrogen-bond donors (Lipinski definition) is 1. The molecule has 1 aliphatic carbocycles. The van der Waals surface area contributed by atoms with Gasteiger partial charge in [0, 0.05) is 31.6 Å². The zero-order chi connectivity index (χ0) is 23.7. The van der Waals surface area contributed by atoms with Crippen LogP contribution in [0.3, 0.4) is 0 Å². The fourth-order valence-electron chi connectivity index (χ4n) is 3.76. The maximum Gasteiger partial charge on any atom is 0.420 e. The third-order valence-corrected chi connectivity index (χ3v) is 5.58. The van der Waals surface area contributed by atoms with E-state index in [1.54, 1.807) is 17.0 Å². The summed E-state index contributed by atoms with van der Waals surface area (Å²) in [4.78, 5) is 8.56. The van der Waals surface area contributed by atoms with Gasteiger partial charge >= 0.3 is 6.18 Å². The minimum atomic E-state index is -4.53. The first kappa shape index (κ1) is 22.1. The van der Waals surface area contributed by atoms with Crippen molar-refractivity contribution in [3.8, 4) is 17.2 Å². The van der Waals surface area contributed by atoms with Crippen molar-refractivity contribution in [1.29, 1.82) is 0 Å². The Morgan fingerprint density at radius 1 is 1.15 bits per heavy atom. The van der Waals surface area contributed by atoms with E-state index in [0.717, 1.165) is 37.0 Å². The van der Waals surface area contributed by atoms with Crippen LogP contribution in [-0.2, 0) is 11.3 Å². The number of halogens is 3. The Kier molecular flexibility index (Phi) is 5.78. The van der Waals surface area contributed by atoms with Crippen LogP contribution in [-0.4, -0.2) is 42.6 Å². The Bertz CT molecular complexity index is 1280. The van der Waals surface area contributed by atoms with Gasteiger partial charge in [0.15, 0.2) is 11.9 Å². The Morgan fingerprint density at radius 2 is 1.97 bits per heavy atom. The number of anilines is 1. The molecule has 0 saturated heterocycles. The number of imidazole rings is 1. The molecule has 1 unspecified atom stereocenters. The summed E-state index contributed by atoms with van der Waals surface area (Å²) in [6.07, 6.45) is 0.0665. The number of hydrogen-bond acceptors (Lipinski definition) is 6. The van der Waals surface area contributed by atoms with E-state index in [1.165, 1.54) is 12.5 Å². The molecular weight excluding hydrogens is 447 g/mol. The third kappa shape index (κ3) is 4.65. The SMILES string of the molecule is COC(c1cn(-c2cccc(CNc3cccc(-c4nncn4C4CC4)n3)c2)cn1)C(F)(F)F. The van der Waals surface area contributed by atoms with Crippen LogP contribution in [0.1, 0.15) is 36.2 Å². The second-order valence-corrected chi connectivity index (χ2v) is 8.09. The summed E-state index contributed by atoms with van der Waals surface area (Å²) < 4.78 is 47.6. The Morgan fingerprint density at radius 3 is 2.74 bits per heavy atom. The Balaban J connectivity index is 1.30. The highest BCUT2D eigenvalue weighted by Gasteiger charge is 2.42. The molecule has 0 aliphatic heterocycles. The summed E-state index contributed by atoms with van der Waals surface area (Å²) >= 11 is 0. The number of nitrogens with one attached hydrogen (secondary N) is 1. The van der Waals surface area contributed by atoms with Crippen molar-refractivity contribution in [2.24, 2.45) is 0 Å². The topological polar surface area (TPSA) is 82.7 Å². The molecule has 1 N–H and O–H groups in total. The fraction of sp³-hybridized carbons (Fsp3) is 0.304. The Hall–Kier alpha value is -3.73. The number of nitrogens with zero attached hydrogens (tertiary/aromatic N) is 6. The van der Waals surface area contributed by atoms with Crippen molar-refractivity contribution in [3.63, 3.8) is 0 Å². The number of aromatic nitrogens is 6. The van der Waals surface area contributed by atoms with Crippen LogP contribution in [0.5, 0.6) is 0 Å². The van der Waals surface area contributed by atoms with Crippen molar-refractivity contribution < 1.29 is 17.9 Å². The molecule has 1 fully saturated rings. The minimum absolute atomic E-state index is 0.196. The van der Waals surface area contributed by atoms with Crippen molar-refractivity contribution in [2.75, 3.05) is 12.4 Å². The van der Waals surface area contributed by atoms with Crippen molar-refractivity contribution in [2.45, 2.75) is 37.7 Å². The first-order valence-electron chi connectivity index (χ1n) is 10.8. The summed E-state index contributed by atoms with van der Waals surface area (Å²) in [7, 11) is 1.02. The standard InChI is InChI=1S/C23H22F3N7O/c1-34-21(23(24,25)26)19-12-32(13-28-19)17-5-2-4-15(10-17)11-27-20-7-3-6-18(30-20)22-31-29-14-33(22)16-8-9-16/h2-7,10,12-14,16,21H,8-9,11H2,1H3,(H,27,30). The van der Waals surface area contributed by atoms with Gasteiger partial charge in [0.1, 0.15) is 17.8 Å². The maximum absolute atomic E-state index is 13.1. The van der Waals surface area contributed by atoms with Gasteiger partial charge in [0.2, 0.25) is 0 Å². The molecule has 8 nitrogen and oxygen atoms in total. The van der Waals surface area contributed by atoms with Gasteiger partial charge in [-0.05, 0) is 42.7 Å². The largest absolute Gasteiger partial charge is 0.420 e. The number of benzene rings is 1. The molecule has 1 atom stereocenters. The van der Waals surface area contributed by atoms with E-state index < -0.39 is 12.3 Å². The summed E-state index contributed by atoms with van der Waals surface area (Å²) in [5.74, 6) is 1.43. The van der Waals surface area contributed by atoms with Crippen molar-refractivity contribution in [3.05, 3.63) is 72.6 Å². The van der Waals surface area contributed by atoms with E-state index in [2.05, 4.69) is 34.8 Å². The predicted octanol–water partition coefficient (Wildman–Crippen LogP) is 4.72. The van der Waals surface area contributed by atoms with E-state index in [1.807, 2.05) is 36.4 Å². The zero-order valence-corrected chi connectivity index (χ0v) is 18.3. The van der Waals surface area contributed by atoms with Crippen LogP contribution in [0.4, 0.5) is 19.0 Å². The van der Waals surface area contributed by atoms with E-state index in [9.17, 15) is 13.2 Å². The van der Waals surface area contributed by atoms with Gasteiger partial charge in [0.05, 0.1) is 12.0 Å². The summed E-state index contributed by atoms with van der Waals surface area (Å²) in [5.41, 5.74) is 2.17. The van der Waals surface area contributed by atoms with Crippen LogP contribution in [0.25, 0.3) is 17.2 Å². The second-order valence-electron chi connectivity index (χ2n) is 8.09. The van der Waals surface area contributed by atoms with Gasteiger partial charge in [-0.1, -0.05) is 18.2 Å². The average Bonchev–Trinajstić information content (AvgIpc) is 3.35. The van der Waals surface area contributed by atoms with Crippen LogP contribution in [0.15, 0.2) is 61.3 Å². The summed E-state index contributed by atoms with van der Waals surface area (Å²) in [6, 6.07) is 13.6. The highest BCUT2D eigenvalue weighted by Crippen LogP contribution is 2.37. The van der Waals surface area contributed by atoms with Crippen molar-refractivity contribution in [1.82, 2.24) is 29.3 Å². The molecule has 0 spiro atoms. The highest BCUT2D eigenvalue weighted by atomic mass is 19.4. The lowest BCUT2D eigenvalue weighted by molar-refractivity contribution is -0.217. The highest BCUT2D eigenvalue weighted by molar-refractivity contribution is 5.54. The van der Waals surface area contributed by atoms with E-state index in [4.69, 9.17) is 0 Å². The molecule has 1 aromatic carbocycles. The maximum atomic E-state index is 13.1. The van der Waals surface area contributed by atoms with Crippen molar-refractivity contribution >= 4 is 5.82 Å². The van der Waals surface area contributed by atoms with E-state index in [0.29, 0.717) is 24.1 Å². The molecule has 34 heavy (non-hydrogen) atoms. The lowest BCUT2D eigenvalue weighted by Gasteiger charge is -2.16. The van der Waals surface area contributed by atoms with Gasteiger partial charge < -0.3 is 19.2 Å². The number of pyridine rings is 1. The first-order valence-corrected chi connectivity index (χ1v) is 10.8. The number of rotatable bonds is 8. The first-order chi connectivity index (χ1) is 16.4. The second kappa shape index (κ2) is 8.90. The number of methoxy groups -OCH3 is 1. The van der Waals surface area contributed by atoms with Crippen LogP contribution in [0, 0.1) is 0 Å². The molecule has 4 aromatic rings. The number of ether oxygens (including phenoxy) is 1. The summed E-state index contributed by atoms with van der Waals surface area (Å²) in [6.45, 7) is 0.477. The molecule has 176 valence electrons. The molecule has 5 rings (SSSR count). The average molecular weight is 469 g/mol. The lowest BCUT2D eigenvalue weighted by Crippen LogP contribution is -2.22. The molecule has 1 aliphatic rings. The molecule has 3 aromatic heterocycles. The van der Waals surface area contributed by atoms with Gasteiger partial charge in [-0.3, -0.25) is 0 Å². The van der Waals surface area contributed by atoms with Gasteiger partial charge in [-0.15, -0.1) is 10.2 Å². The molecular formula is C23H22F3N7O. The smallest absolute Gasteiger partial charge is 0.366 e. The molecule has 11 heteroatoms. The van der Waals surface area contributed by atoms with Crippen LogP contribution < -0.4 is 5.32 Å². The Labute approximate surface area is 193 Å². The molecule has 0 radical (unpaired) electrons. The molecule has 3 heterocycles. The van der Waals surface area contributed by atoms with Crippen LogP contribution in [0.2, 0.25) is 0 Å². The van der Waals surface area contributed by atoms with E-state index >= 15 is 0 Å². The molecule has 0 bridgehead atoms. The minimum Gasteiger partial charge on any atom is -0.366 e. The number of alkyl halides is 3. The monoisotopic (exact) mass is 469 g/mol. The van der Waals surface area contributed by atoms with Gasteiger partial charge in [-0.2, -0.15) is 13.2 Å².